The van der Waals surface area contributed by atoms with Crippen LogP contribution < -0.4 is 15.2 Å². The molecule has 3 aromatic rings. The highest BCUT2D eigenvalue weighted by Crippen LogP contribution is 2.26. The summed E-state index contributed by atoms with van der Waals surface area (Å²) in [7, 11) is 0. The van der Waals surface area contributed by atoms with Crippen LogP contribution in [0, 0.1) is 0 Å². The lowest BCUT2D eigenvalue weighted by Gasteiger charge is -2.11. The maximum absolute atomic E-state index is 11.0. The van der Waals surface area contributed by atoms with Crippen molar-refractivity contribution in [3.05, 3.63) is 53.9 Å². The van der Waals surface area contributed by atoms with Gasteiger partial charge in [-0.2, -0.15) is 0 Å². The van der Waals surface area contributed by atoms with E-state index in [1.807, 2.05) is 17.5 Å². The Morgan fingerprint density at radius 3 is 2.71 bits per heavy atom. The predicted molar refractivity (Wildman–Crippen MR) is 89.9 cm³/mol. The minimum absolute atomic E-state index is 0.225. The van der Waals surface area contributed by atoms with Crippen molar-refractivity contribution in [2.24, 2.45) is 5.73 Å². The minimum atomic E-state index is -0.681. The van der Waals surface area contributed by atoms with Crippen molar-refractivity contribution in [3.8, 4) is 22.1 Å². The number of nitrogens with two attached hydrogens (primary N) is 1. The fourth-order valence-electron chi connectivity index (χ4n) is 1.93. The van der Waals surface area contributed by atoms with E-state index in [0.29, 0.717) is 17.4 Å². The molecule has 0 saturated heterocycles. The van der Waals surface area contributed by atoms with E-state index in [2.05, 4.69) is 4.98 Å². The molecule has 0 bridgehead atoms. The highest BCUT2D eigenvalue weighted by Gasteiger charge is 2.10. The first kappa shape index (κ1) is 16.1. The van der Waals surface area contributed by atoms with E-state index in [1.54, 1.807) is 48.7 Å². The van der Waals surface area contributed by atoms with Gasteiger partial charge in [-0.3, -0.25) is 4.79 Å². The van der Waals surface area contributed by atoms with E-state index >= 15 is 0 Å². The average Bonchev–Trinajstić information content (AvgIpc) is 3.25. The normalized spacial score (nSPS) is 11.9. The third kappa shape index (κ3) is 3.94. The first-order valence-electron chi connectivity index (χ1n) is 7.29. The first-order valence-corrected chi connectivity index (χ1v) is 8.17. The van der Waals surface area contributed by atoms with Gasteiger partial charge in [-0.05, 0) is 42.6 Å². The van der Waals surface area contributed by atoms with Gasteiger partial charge in [0, 0.05) is 0 Å². The van der Waals surface area contributed by atoms with Crippen LogP contribution in [-0.2, 0) is 11.4 Å². The molecule has 0 saturated carbocycles. The van der Waals surface area contributed by atoms with Gasteiger partial charge < -0.3 is 19.6 Å². The molecule has 0 spiro atoms. The van der Waals surface area contributed by atoms with Gasteiger partial charge in [0.1, 0.15) is 11.5 Å². The van der Waals surface area contributed by atoms with Crippen molar-refractivity contribution in [3.63, 3.8) is 0 Å². The second-order valence-corrected chi connectivity index (χ2v) is 5.97. The number of benzene rings is 1. The van der Waals surface area contributed by atoms with Gasteiger partial charge >= 0.3 is 0 Å². The van der Waals surface area contributed by atoms with Gasteiger partial charge in [0.25, 0.3) is 5.91 Å². The smallest absolute Gasteiger partial charge is 0.258 e. The number of rotatable bonds is 7. The molecule has 0 radical (unpaired) electrons. The topological polar surface area (TPSA) is 87.6 Å². The number of primary amides is 1. The van der Waals surface area contributed by atoms with Crippen LogP contribution in [0.3, 0.4) is 0 Å². The Labute approximate surface area is 142 Å². The summed E-state index contributed by atoms with van der Waals surface area (Å²) in [5.41, 5.74) is 5.16. The van der Waals surface area contributed by atoms with Gasteiger partial charge in [0.15, 0.2) is 18.5 Å². The Kier molecular flexibility index (Phi) is 4.81. The molecule has 6 nitrogen and oxygen atoms in total. The number of oxazole rings is 1. The number of carbonyl (C=O) groups excluding carboxylic acids is 1. The Bertz CT molecular complexity index is 796. The second-order valence-electron chi connectivity index (χ2n) is 5.02. The zero-order valence-corrected chi connectivity index (χ0v) is 13.8. The number of hydrogen-bond acceptors (Lipinski definition) is 6. The van der Waals surface area contributed by atoms with E-state index in [4.69, 9.17) is 19.6 Å². The van der Waals surface area contributed by atoms with Crippen molar-refractivity contribution in [2.75, 3.05) is 0 Å². The lowest BCUT2D eigenvalue weighted by molar-refractivity contribution is -0.123. The third-order valence-corrected chi connectivity index (χ3v) is 4.10. The van der Waals surface area contributed by atoms with Crippen LogP contribution in [0.2, 0.25) is 0 Å². The maximum atomic E-state index is 11.0. The number of aromatic nitrogens is 1. The SMILES string of the molecule is C[C@H](Oc1ccc(OCc2ncc(-c3cccs3)o2)cc1)C(N)=O. The monoisotopic (exact) mass is 344 g/mol. The molecule has 2 heterocycles. The molecule has 0 aliphatic heterocycles. The van der Waals surface area contributed by atoms with Crippen LogP contribution in [0.25, 0.3) is 10.6 Å². The number of hydrogen-bond donors (Lipinski definition) is 1. The standard InChI is InChI=1S/C17H16N2O4S/c1-11(17(18)20)22-13-6-4-12(5-7-13)21-10-16-19-9-14(23-16)15-3-2-8-24-15/h2-9,11H,10H2,1H3,(H2,18,20)/t11-/m0/s1. The Balaban J connectivity index is 1.56. The molecule has 1 atom stereocenters. The van der Waals surface area contributed by atoms with Crippen LogP contribution in [0.4, 0.5) is 0 Å². The number of ether oxygens (including phenoxy) is 2. The lowest BCUT2D eigenvalue weighted by Crippen LogP contribution is -2.30. The summed E-state index contributed by atoms with van der Waals surface area (Å²) in [6.45, 7) is 1.82. The molecule has 0 aliphatic rings. The summed E-state index contributed by atoms with van der Waals surface area (Å²) in [5.74, 6) is 1.91. The maximum Gasteiger partial charge on any atom is 0.258 e. The van der Waals surface area contributed by atoms with Crippen LogP contribution >= 0.6 is 11.3 Å². The van der Waals surface area contributed by atoms with Gasteiger partial charge in [-0.1, -0.05) is 6.07 Å². The van der Waals surface area contributed by atoms with Gasteiger partial charge in [-0.25, -0.2) is 4.98 Å². The van der Waals surface area contributed by atoms with Crippen LogP contribution in [0.15, 0.2) is 52.4 Å². The van der Waals surface area contributed by atoms with Crippen molar-refractivity contribution in [1.82, 2.24) is 4.98 Å². The molecule has 124 valence electrons. The lowest BCUT2D eigenvalue weighted by atomic mass is 10.3. The highest BCUT2D eigenvalue weighted by atomic mass is 32.1. The van der Waals surface area contributed by atoms with Gasteiger partial charge in [0.05, 0.1) is 11.1 Å². The van der Waals surface area contributed by atoms with Crippen LogP contribution in [0.1, 0.15) is 12.8 Å². The molecule has 2 aromatic heterocycles. The molecule has 1 amide bonds. The van der Waals surface area contributed by atoms with E-state index in [-0.39, 0.29) is 6.61 Å². The van der Waals surface area contributed by atoms with E-state index in [9.17, 15) is 4.79 Å². The van der Waals surface area contributed by atoms with Crippen molar-refractivity contribution >= 4 is 17.2 Å². The molecule has 0 fully saturated rings. The van der Waals surface area contributed by atoms with Crippen molar-refractivity contribution in [2.45, 2.75) is 19.6 Å². The second kappa shape index (κ2) is 7.18. The quantitative estimate of drug-likeness (QED) is 0.711. The summed E-state index contributed by atoms with van der Waals surface area (Å²) in [6, 6.07) is 10.8. The Morgan fingerprint density at radius 1 is 1.29 bits per heavy atom. The minimum Gasteiger partial charge on any atom is -0.484 e. The molecule has 0 aliphatic carbocycles. The highest BCUT2D eigenvalue weighted by molar-refractivity contribution is 7.13. The number of amides is 1. The van der Waals surface area contributed by atoms with E-state index < -0.39 is 12.0 Å². The molecule has 0 unspecified atom stereocenters. The summed E-state index contributed by atoms with van der Waals surface area (Å²) < 4.78 is 16.7. The van der Waals surface area contributed by atoms with E-state index in [1.165, 1.54) is 0 Å². The number of carbonyl (C=O) groups is 1. The number of nitrogens with zero attached hydrogens (tertiary/aromatic N) is 1. The molecule has 3 rings (SSSR count). The third-order valence-electron chi connectivity index (χ3n) is 3.22. The van der Waals surface area contributed by atoms with Crippen LogP contribution in [0.5, 0.6) is 11.5 Å². The average molecular weight is 344 g/mol. The largest absolute Gasteiger partial charge is 0.484 e. The summed E-state index contributed by atoms with van der Waals surface area (Å²) in [5, 5.41) is 1.98. The van der Waals surface area contributed by atoms with Crippen molar-refractivity contribution < 1.29 is 18.7 Å². The van der Waals surface area contributed by atoms with Crippen LogP contribution in [-0.4, -0.2) is 17.0 Å². The first-order chi connectivity index (χ1) is 11.6. The number of thiophene rings is 1. The fraction of sp³-hybridized carbons (Fsp3) is 0.176. The molecular formula is C17H16N2O4S. The van der Waals surface area contributed by atoms with Gasteiger partial charge in [0.2, 0.25) is 5.89 Å². The fourth-order valence-corrected chi connectivity index (χ4v) is 2.60. The molecule has 1 aromatic carbocycles. The summed E-state index contributed by atoms with van der Waals surface area (Å²) >= 11 is 1.59. The molecule has 2 N–H and O–H groups in total. The summed E-state index contributed by atoms with van der Waals surface area (Å²) in [4.78, 5) is 16.2. The summed E-state index contributed by atoms with van der Waals surface area (Å²) in [6.07, 6.45) is 1.01. The predicted octanol–water partition coefficient (Wildman–Crippen LogP) is 3.23. The Hall–Kier alpha value is -2.80. The molecular weight excluding hydrogens is 328 g/mol. The zero-order chi connectivity index (χ0) is 16.9. The van der Waals surface area contributed by atoms with Gasteiger partial charge in [-0.15, -0.1) is 11.3 Å². The molecule has 24 heavy (non-hydrogen) atoms. The van der Waals surface area contributed by atoms with E-state index in [0.717, 1.165) is 10.6 Å². The zero-order valence-electron chi connectivity index (χ0n) is 13.0. The van der Waals surface area contributed by atoms with Crippen molar-refractivity contribution in [1.29, 1.82) is 0 Å². The molecule has 7 heteroatoms. The Morgan fingerprint density at radius 2 is 2.04 bits per heavy atom.